The van der Waals surface area contributed by atoms with Gasteiger partial charge in [0.15, 0.2) is 11.5 Å². The zero-order valence-electron chi connectivity index (χ0n) is 14.1. The maximum Gasteiger partial charge on any atom is 0.338 e. The van der Waals surface area contributed by atoms with Gasteiger partial charge in [0, 0.05) is 10.2 Å². The molecule has 2 N–H and O–H groups in total. The lowest BCUT2D eigenvalue weighted by Gasteiger charge is -2.29. The molecule has 1 atom stereocenters. The highest BCUT2D eigenvalue weighted by Gasteiger charge is 2.34. The first kappa shape index (κ1) is 17.6. The number of ether oxygens (including phenoxy) is 3. The predicted molar refractivity (Wildman–Crippen MR) is 93.2 cm³/mol. The van der Waals surface area contributed by atoms with Crippen LogP contribution in [-0.4, -0.2) is 25.4 Å². The summed E-state index contributed by atoms with van der Waals surface area (Å²) >= 11 is 3.48. The molecule has 0 saturated heterocycles. The average Bonchev–Trinajstić information content (AvgIpc) is 2.98. The zero-order valence-corrected chi connectivity index (χ0v) is 15.7. The molecule has 0 saturated carbocycles. The van der Waals surface area contributed by atoms with Crippen molar-refractivity contribution < 1.29 is 23.8 Å². The van der Waals surface area contributed by atoms with Crippen LogP contribution in [0.15, 0.2) is 27.9 Å². The second-order valence-electron chi connectivity index (χ2n) is 6.29. The number of urea groups is 1. The van der Waals surface area contributed by atoms with Crippen molar-refractivity contribution in [2.75, 3.05) is 13.4 Å². The third-order valence-electron chi connectivity index (χ3n) is 3.84. The Hall–Kier alpha value is -2.22. The molecule has 2 aliphatic heterocycles. The SMILES string of the molecule is CC1=C(C(=O)OCC(C)C)C(c2cc3c(cc2Br)OCO3)NC(=O)N1. The van der Waals surface area contributed by atoms with Gasteiger partial charge in [-0.05, 0) is 30.5 Å². The molecule has 2 heterocycles. The number of halogens is 1. The molecule has 0 bridgehead atoms. The molecule has 7 nitrogen and oxygen atoms in total. The second kappa shape index (κ2) is 6.95. The van der Waals surface area contributed by atoms with Crippen LogP contribution in [0.3, 0.4) is 0 Å². The van der Waals surface area contributed by atoms with Crippen LogP contribution < -0.4 is 20.1 Å². The number of allylic oxidation sites excluding steroid dienone is 1. The van der Waals surface area contributed by atoms with Crippen LogP contribution >= 0.6 is 15.9 Å². The summed E-state index contributed by atoms with van der Waals surface area (Å²) in [6.07, 6.45) is 0. The first-order valence-corrected chi connectivity index (χ1v) is 8.70. The summed E-state index contributed by atoms with van der Waals surface area (Å²) in [5, 5.41) is 5.41. The van der Waals surface area contributed by atoms with Gasteiger partial charge in [-0.15, -0.1) is 0 Å². The topological polar surface area (TPSA) is 85.9 Å². The average molecular weight is 411 g/mol. The molecule has 2 aliphatic rings. The van der Waals surface area contributed by atoms with Crippen molar-refractivity contribution >= 4 is 27.9 Å². The molecule has 8 heteroatoms. The zero-order chi connectivity index (χ0) is 18.1. The molecule has 1 aromatic carbocycles. The van der Waals surface area contributed by atoms with Crippen molar-refractivity contribution in [1.29, 1.82) is 0 Å². The molecule has 0 spiro atoms. The van der Waals surface area contributed by atoms with Crippen molar-refractivity contribution in [3.63, 3.8) is 0 Å². The van der Waals surface area contributed by atoms with E-state index < -0.39 is 12.0 Å². The van der Waals surface area contributed by atoms with Crippen molar-refractivity contribution in [1.82, 2.24) is 10.6 Å². The fraction of sp³-hybridized carbons (Fsp3) is 0.412. The molecule has 1 aromatic rings. The fourth-order valence-corrected chi connectivity index (χ4v) is 3.22. The van der Waals surface area contributed by atoms with Crippen LogP contribution in [0.1, 0.15) is 32.4 Å². The molecule has 2 amide bonds. The van der Waals surface area contributed by atoms with Gasteiger partial charge in [-0.1, -0.05) is 29.8 Å². The highest BCUT2D eigenvalue weighted by Crippen LogP contribution is 2.41. The van der Waals surface area contributed by atoms with Gasteiger partial charge in [0.1, 0.15) is 0 Å². The van der Waals surface area contributed by atoms with E-state index in [4.69, 9.17) is 14.2 Å². The molecule has 134 valence electrons. The molecule has 0 aliphatic carbocycles. The molecular weight excluding hydrogens is 392 g/mol. The highest BCUT2D eigenvalue weighted by atomic mass is 79.9. The van der Waals surface area contributed by atoms with Gasteiger partial charge in [0.25, 0.3) is 0 Å². The van der Waals surface area contributed by atoms with Gasteiger partial charge in [-0.3, -0.25) is 0 Å². The number of hydrogen-bond donors (Lipinski definition) is 2. The summed E-state index contributed by atoms with van der Waals surface area (Å²) in [7, 11) is 0. The number of carbonyl (C=O) groups is 2. The van der Waals surface area contributed by atoms with Gasteiger partial charge in [0.05, 0.1) is 18.2 Å². The number of nitrogens with one attached hydrogen (secondary N) is 2. The molecule has 0 radical (unpaired) electrons. The second-order valence-corrected chi connectivity index (χ2v) is 7.14. The van der Waals surface area contributed by atoms with Crippen LogP contribution in [0, 0.1) is 5.92 Å². The van der Waals surface area contributed by atoms with Crippen molar-refractivity contribution in [3.8, 4) is 11.5 Å². The third kappa shape index (κ3) is 3.58. The minimum atomic E-state index is -0.655. The largest absolute Gasteiger partial charge is 0.462 e. The lowest BCUT2D eigenvalue weighted by atomic mass is 9.95. The predicted octanol–water partition coefficient (Wildman–Crippen LogP) is 3.00. The van der Waals surface area contributed by atoms with Crippen LogP contribution in [0.4, 0.5) is 4.79 Å². The van der Waals surface area contributed by atoms with Crippen molar-refractivity contribution in [2.24, 2.45) is 5.92 Å². The smallest absolute Gasteiger partial charge is 0.338 e. The maximum atomic E-state index is 12.6. The van der Waals surface area contributed by atoms with Gasteiger partial charge in [-0.2, -0.15) is 0 Å². The summed E-state index contributed by atoms with van der Waals surface area (Å²) < 4.78 is 16.8. The molecule has 1 unspecified atom stereocenters. The van der Waals surface area contributed by atoms with Gasteiger partial charge >= 0.3 is 12.0 Å². The van der Waals surface area contributed by atoms with Gasteiger partial charge < -0.3 is 24.8 Å². The van der Waals surface area contributed by atoms with E-state index >= 15 is 0 Å². The Bertz CT molecular complexity index is 760. The van der Waals surface area contributed by atoms with Gasteiger partial charge in [-0.25, -0.2) is 9.59 Å². The standard InChI is InChI=1S/C17H19BrN2O5/c1-8(2)6-23-16(21)14-9(3)19-17(22)20-15(14)10-4-12-13(5-11(10)18)25-7-24-12/h4-5,8,15H,6-7H2,1-3H3,(H2,19,20,22). The quantitative estimate of drug-likeness (QED) is 0.745. The Balaban J connectivity index is 1.99. The number of benzene rings is 1. The minimum absolute atomic E-state index is 0.141. The van der Waals surface area contributed by atoms with E-state index in [1.54, 1.807) is 19.1 Å². The van der Waals surface area contributed by atoms with E-state index in [2.05, 4.69) is 26.6 Å². The lowest BCUT2D eigenvalue weighted by molar-refractivity contribution is -0.140. The van der Waals surface area contributed by atoms with Crippen molar-refractivity contribution in [3.05, 3.63) is 33.4 Å². The Labute approximate surface area is 153 Å². The Kier molecular flexibility index (Phi) is 4.89. The first-order valence-electron chi connectivity index (χ1n) is 7.91. The van der Waals surface area contributed by atoms with Crippen LogP contribution in [-0.2, 0) is 9.53 Å². The Morgan fingerprint density at radius 3 is 2.72 bits per heavy atom. The third-order valence-corrected chi connectivity index (χ3v) is 4.53. The molecule has 25 heavy (non-hydrogen) atoms. The lowest BCUT2D eigenvalue weighted by Crippen LogP contribution is -2.45. The minimum Gasteiger partial charge on any atom is -0.462 e. The number of amides is 2. The van der Waals surface area contributed by atoms with Crippen molar-refractivity contribution in [2.45, 2.75) is 26.8 Å². The number of fused-ring (bicyclic) bond motifs is 1. The van der Waals surface area contributed by atoms with Crippen LogP contribution in [0.25, 0.3) is 0 Å². The van der Waals surface area contributed by atoms with E-state index in [9.17, 15) is 9.59 Å². The fourth-order valence-electron chi connectivity index (χ4n) is 2.67. The number of esters is 1. The molecule has 3 rings (SSSR count). The van der Waals surface area contributed by atoms with E-state index in [1.807, 2.05) is 13.8 Å². The monoisotopic (exact) mass is 410 g/mol. The molecular formula is C17H19BrN2O5. The molecule has 0 aromatic heterocycles. The van der Waals surface area contributed by atoms with E-state index in [-0.39, 0.29) is 18.7 Å². The summed E-state index contributed by atoms with van der Waals surface area (Å²) in [5.41, 5.74) is 1.52. The van der Waals surface area contributed by atoms with Crippen LogP contribution in [0.5, 0.6) is 11.5 Å². The Morgan fingerprint density at radius 1 is 1.36 bits per heavy atom. The van der Waals surface area contributed by atoms with E-state index in [0.717, 1.165) is 0 Å². The molecule has 0 fully saturated rings. The summed E-state index contributed by atoms with van der Waals surface area (Å²) in [5.74, 6) is 0.930. The van der Waals surface area contributed by atoms with E-state index in [0.29, 0.717) is 39.4 Å². The van der Waals surface area contributed by atoms with Gasteiger partial charge in [0.2, 0.25) is 6.79 Å². The highest BCUT2D eigenvalue weighted by molar-refractivity contribution is 9.10. The summed E-state index contributed by atoms with van der Waals surface area (Å²) in [6, 6.07) is 2.48. The first-order chi connectivity index (χ1) is 11.9. The number of hydrogen-bond acceptors (Lipinski definition) is 5. The number of carbonyl (C=O) groups excluding carboxylic acids is 2. The maximum absolute atomic E-state index is 12.6. The summed E-state index contributed by atoms with van der Waals surface area (Å²) in [4.78, 5) is 24.6. The normalized spacial score (nSPS) is 18.9. The van der Waals surface area contributed by atoms with Crippen LogP contribution in [0.2, 0.25) is 0 Å². The Morgan fingerprint density at radius 2 is 2.04 bits per heavy atom. The summed E-state index contributed by atoms with van der Waals surface area (Å²) in [6.45, 7) is 6.04. The number of rotatable bonds is 4. The van der Waals surface area contributed by atoms with E-state index in [1.165, 1.54) is 0 Å².